The predicted molar refractivity (Wildman–Crippen MR) is 123 cm³/mol. The van der Waals surface area contributed by atoms with Gasteiger partial charge in [0.15, 0.2) is 0 Å². The number of benzene rings is 2. The largest absolute Gasteiger partial charge is 0.388 e. The summed E-state index contributed by atoms with van der Waals surface area (Å²) < 4.78 is 1.68. The maximum atomic E-state index is 12.5. The van der Waals surface area contributed by atoms with Crippen molar-refractivity contribution in [2.24, 2.45) is 11.8 Å². The van der Waals surface area contributed by atoms with Gasteiger partial charge in [-0.15, -0.1) is 0 Å². The Kier molecular flexibility index (Phi) is 6.52. The van der Waals surface area contributed by atoms with E-state index >= 15 is 0 Å². The molecule has 1 fully saturated rings. The van der Waals surface area contributed by atoms with Gasteiger partial charge in [0.2, 0.25) is 5.91 Å². The van der Waals surface area contributed by atoms with E-state index in [1.165, 1.54) is 5.56 Å². The van der Waals surface area contributed by atoms with Crippen molar-refractivity contribution in [3.8, 4) is 0 Å². The summed E-state index contributed by atoms with van der Waals surface area (Å²) in [7, 11) is 0. The fourth-order valence-corrected chi connectivity index (χ4v) is 4.58. The number of aromatic nitrogens is 2. The van der Waals surface area contributed by atoms with Gasteiger partial charge in [0.25, 0.3) is 0 Å². The quantitative estimate of drug-likeness (QED) is 0.563. The molecule has 3 aromatic rings. The van der Waals surface area contributed by atoms with E-state index in [2.05, 4.69) is 22.5 Å². The van der Waals surface area contributed by atoms with E-state index in [0.29, 0.717) is 11.8 Å². The van der Waals surface area contributed by atoms with Crippen LogP contribution in [0.4, 0.5) is 5.69 Å². The highest BCUT2D eigenvalue weighted by Gasteiger charge is 2.30. The lowest BCUT2D eigenvalue weighted by molar-refractivity contribution is -0.119. The summed E-state index contributed by atoms with van der Waals surface area (Å²) in [4.78, 5) is 12.5. The van der Waals surface area contributed by atoms with E-state index in [1.54, 1.807) is 4.68 Å². The van der Waals surface area contributed by atoms with Crippen LogP contribution >= 0.6 is 0 Å². The molecule has 0 unspecified atom stereocenters. The number of carbonyl (C=O) groups is 1. The number of rotatable bonds is 7. The maximum absolute atomic E-state index is 12.5. The summed E-state index contributed by atoms with van der Waals surface area (Å²) >= 11 is 0. The highest BCUT2D eigenvalue weighted by molar-refractivity contribution is 5.93. The van der Waals surface area contributed by atoms with Crippen molar-refractivity contribution >= 4 is 11.6 Å². The van der Waals surface area contributed by atoms with E-state index in [1.807, 2.05) is 68.6 Å². The van der Waals surface area contributed by atoms with Crippen LogP contribution in [-0.4, -0.2) is 20.8 Å². The fraction of sp³-hybridized carbons (Fsp3) is 0.385. The van der Waals surface area contributed by atoms with Crippen LogP contribution < -0.4 is 5.32 Å². The van der Waals surface area contributed by atoms with E-state index in [0.717, 1.165) is 42.6 Å². The standard InChI is InChI=1S/C26H31N3O2/c1-18-14-15-29(28-18)19(2)26(31)27-24-12-9-20(10-13-24)16-21-8-11-23(17-21)25(30)22-6-4-3-5-7-22/h3-7,9-10,12-15,19,21,23,25,30H,8,11,16-17H2,1-2H3,(H,27,31)/t19-,21-,23-,25+/m0/s1. The van der Waals surface area contributed by atoms with Crippen LogP contribution in [0.15, 0.2) is 66.9 Å². The van der Waals surface area contributed by atoms with Crippen molar-refractivity contribution in [2.75, 3.05) is 5.32 Å². The van der Waals surface area contributed by atoms with Gasteiger partial charge in [-0.1, -0.05) is 42.5 Å². The van der Waals surface area contributed by atoms with Crippen LogP contribution in [0, 0.1) is 18.8 Å². The molecule has 1 saturated carbocycles. The van der Waals surface area contributed by atoms with Gasteiger partial charge in [0.1, 0.15) is 6.04 Å². The van der Waals surface area contributed by atoms with E-state index in [9.17, 15) is 9.90 Å². The monoisotopic (exact) mass is 417 g/mol. The summed E-state index contributed by atoms with van der Waals surface area (Å²) in [6, 6.07) is 19.7. The van der Waals surface area contributed by atoms with Crippen molar-refractivity contribution < 1.29 is 9.90 Å². The van der Waals surface area contributed by atoms with Gasteiger partial charge in [-0.2, -0.15) is 5.10 Å². The molecule has 5 heteroatoms. The number of aliphatic hydroxyl groups is 1. The van der Waals surface area contributed by atoms with Crippen LogP contribution in [0.2, 0.25) is 0 Å². The number of aliphatic hydroxyl groups excluding tert-OH is 1. The van der Waals surface area contributed by atoms with Crippen LogP contribution in [0.5, 0.6) is 0 Å². The summed E-state index contributed by atoms with van der Waals surface area (Å²) in [6.45, 7) is 3.76. The molecule has 4 atom stereocenters. The average molecular weight is 418 g/mol. The number of anilines is 1. The van der Waals surface area contributed by atoms with Crippen molar-refractivity contribution in [2.45, 2.75) is 51.7 Å². The molecule has 0 aliphatic heterocycles. The second-order valence-corrected chi connectivity index (χ2v) is 8.80. The highest BCUT2D eigenvalue weighted by atomic mass is 16.3. The second kappa shape index (κ2) is 9.48. The number of nitrogens with zero attached hydrogens (tertiary/aromatic N) is 2. The third-order valence-corrected chi connectivity index (χ3v) is 6.43. The van der Waals surface area contributed by atoms with Gasteiger partial charge in [0.05, 0.1) is 11.8 Å². The van der Waals surface area contributed by atoms with E-state index < -0.39 is 0 Å². The summed E-state index contributed by atoms with van der Waals surface area (Å²) in [6.07, 6.45) is 5.73. The first-order valence-electron chi connectivity index (χ1n) is 11.1. The van der Waals surface area contributed by atoms with Crippen LogP contribution in [0.1, 0.15) is 55.2 Å². The Morgan fingerprint density at radius 1 is 1.13 bits per heavy atom. The van der Waals surface area contributed by atoms with Crippen molar-refractivity contribution in [1.82, 2.24) is 9.78 Å². The van der Waals surface area contributed by atoms with E-state index in [4.69, 9.17) is 0 Å². The molecule has 5 nitrogen and oxygen atoms in total. The van der Waals surface area contributed by atoms with Gasteiger partial charge in [-0.3, -0.25) is 9.48 Å². The van der Waals surface area contributed by atoms with Crippen LogP contribution in [-0.2, 0) is 11.2 Å². The molecule has 1 aliphatic carbocycles. The molecule has 0 saturated heterocycles. The zero-order valence-electron chi connectivity index (χ0n) is 18.2. The number of amides is 1. The first-order valence-corrected chi connectivity index (χ1v) is 11.1. The Labute approximate surface area is 184 Å². The molecular weight excluding hydrogens is 386 g/mol. The van der Waals surface area contributed by atoms with Crippen molar-refractivity contribution in [1.29, 1.82) is 0 Å². The Hall–Kier alpha value is -2.92. The smallest absolute Gasteiger partial charge is 0.248 e. The third-order valence-electron chi connectivity index (χ3n) is 6.43. The third kappa shape index (κ3) is 5.23. The Balaban J connectivity index is 1.29. The van der Waals surface area contributed by atoms with Gasteiger partial charge in [-0.25, -0.2) is 0 Å². The zero-order valence-corrected chi connectivity index (χ0v) is 18.2. The summed E-state index contributed by atoms with van der Waals surface area (Å²) in [5, 5.41) is 18.0. The lowest BCUT2D eigenvalue weighted by atomic mass is 9.91. The minimum absolute atomic E-state index is 0.0793. The maximum Gasteiger partial charge on any atom is 0.248 e. The van der Waals surface area contributed by atoms with Crippen molar-refractivity contribution in [3.63, 3.8) is 0 Å². The minimum Gasteiger partial charge on any atom is -0.388 e. The number of hydrogen-bond donors (Lipinski definition) is 2. The first-order chi connectivity index (χ1) is 15.0. The second-order valence-electron chi connectivity index (χ2n) is 8.80. The molecule has 0 spiro atoms. The number of aryl methyl sites for hydroxylation is 1. The SMILES string of the molecule is Cc1ccn([C@@H](C)C(=O)Nc2ccc(C[C@@H]3CC[C@H]([C@H](O)c4ccccc4)C3)cc2)n1. The molecular formula is C26H31N3O2. The molecule has 1 heterocycles. The lowest BCUT2D eigenvalue weighted by Crippen LogP contribution is -2.24. The zero-order chi connectivity index (χ0) is 21.8. The molecule has 31 heavy (non-hydrogen) atoms. The Morgan fingerprint density at radius 3 is 2.55 bits per heavy atom. The molecule has 1 aromatic heterocycles. The molecule has 4 rings (SSSR count). The molecule has 0 bridgehead atoms. The minimum atomic E-state index is -0.371. The highest BCUT2D eigenvalue weighted by Crippen LogP contribution is 2.40. The van der Waals surface area contributed by atoms with Gasteiger partial charge in [0, 0.05) is 11.9 Å². The lowest BCUT2D eigenvalue weighted by Gasteiger charge is -2.19. The van der Waals surface area contributed by atoms with E-state index in [-0.39, 0.29) is 18.1 Å². The average Bonchev–Trinajstić information content (AvgIpc) is 3.44. The Morgan fingerprint density at radius 2 is 1.87 bits per heavy atom. The van der Waals surface area contributed by atoms with Crippen molar-refractivity contribution in [3.05, 3.63) is 83.7 Å². The van der Waals surface area contributed by atoms with Gasteiger partial charge < -0.3 is 10.4 Å². The van der Waals surface area contributed by atoms with Crippen LogP contribution in [0.3, 0.4) is 0 Å². The topological polar surface area (TPSA) is 67.2 Å². The summed E-state index contributed by atoms with van der Waals surface area (Å²) in [5.41, 5.74) is 3.99. The Bertz CT molecular complexity index is 997. The molecule has 2 N–H and O–H groups in total. The fourth-order valence-electron chi connectivity index (χ4n) is 4.58. The van der Waals surface area contributed by atoms with Gasteiger partial charge in [-0.05, 0) is 80.7 Å². The van der Waals surface area contributed by atoms with Crippen LogP contribution in [0.25, 0.3) is 0 Å². The molecule has 2 aromatic carbocycles. The first kappa shape index (κ1) is 21.3. The normalized spacial score (nSPS) is 20.4. The molecule has 0 radical (unpaired) electrons. The molecule has 162 valence electrons. The number of hydrogen-bond acceptors (Lipinski definition) is 3. The predicted octanol–water partition coefficient (Wildman–Crippen LogP) is 5.08. The van der Waals surface area contributed by atoms with Gasteiger partial charge >= 0.3 is 0 Å². The molecule has 1 aliphatic rings. The molecule has 1 amide bonds. The summed E-state index contributed by atoms with van der Waals surface area (Å²) in [5.74, 6) is 0.842. The number of nitrogens with one attached hydrogen (secondary N) is 1. The number of carbonyl (C=O) groups excluding carboxylic acids is 1.